The molecule has 1 amide bonds. The van der Waals surface area contributed by atoms with E-state index in [1.807, 2.05) is 55.5 Å². The Balaban J connectivity index is 1.81. The number of hydrogen-bond donors (Lipinski definition) is 2. The molecule has 23 heavy (non-hydrogen) atoms. The molecule has 0 fully saturated rings. The van der Waals surface area contributed by atoms with Crippen molar-refractivity contribution in [1.82, 2.24) is 0 Å². The predicted octanol–water partition coefficient (Wildman–Crippen LogP) is 4.22. The summed E-state index contributed by atoms with van der Waals surface area (Å²) in [6.45, 7) is 6.28. The number of nitrogens with one attached hydrogen (secondary N) is 2. The Labute approximate surface area is 137 Å². The summed E-state index contributed by atoms with van der Waals surface area (Å²) in [5, 5.41) is 6.21. The molecular weight excluding hydrogens is 288 g/mol. The molecule has 0 radical (unpaired) electrons. The van der Waals surface area contributed by atoms with Crippen LogP contribution in [0, 0.1) is 6.92 Å². The van der Waals surface area contributed by atoms with Crippen LogP contribution in [0.1, 0.15) is 25.8 Å². The highest BCUT2D eigenvalue weighted by Crippen LogP contribution is 2.15. The highest BCUT2D eigenvalue weighted by Gasteiger charge is 2.04. The number of benzene rings is 2. The van der Waals surface area contributed by atoms with Crippen LogP contribution in [-0.2, 0) is 4.79 Å². The third-order valence-corrected chi connectivity index (χ3v) is 3.59. The van der Waals surface area contributed by atoms with Crippen molar-refractivity contribution in [3.63, 3.8) is 0 Å². The molecular formula is C19H24N2O2. The lowest BCUT2D eigenvalue weighted by Crippen LogP contribution is -2.20. The van der Waals surface area contributed by atoms with E-state index in [1.165, 1.54) is 0 Å². The maximum atomic E-state index is 11.9. The van der Waals surface area contributed by atoms with Crippen molar-refractivity contribution in [1.29, 1.82) is 0 Å². The molecule has 0 aliphatic rings. The molecule has 0 aliphatic heterocycles. The average Bonchev–Trinajstić information content (AvgIpc) is 2.56. The first-order chi connectivity index (χ1) is 11.1. The van der Waals surface area contributed by atoms with E-state index in [0.29, 0.717) is 11.8 Å². The van der Waals surface area contributed by atoms with Gasteiger partial charge in [-0.25, -0.2) is 0 Å². The first-order valence-electron chi connectivity index (χ1n) is 7.92. The van der Waals surface area contributed by atoms with E-state index in [4.69, 9.17) is 4.74 Å². The van der Waals surface area contributed by atoms with Gasteiger partial charge < -0.3 is 15.4 Å². The van der Waals surface area contributed by atoms with Crippen LogP contribution in [0.4, 0.5) is 11.4 Å². The van der Waals surface area contributed by atoms with E-state index in [1.54, 1.807) is 0 Å². The Morgan fingerprint density at radius 1 is 1.04 bits per heavy atom. The molecule has 1 atom stereocenters. The number of anilines is 2. The molecule has 2 aromatic carbocycles. The molecule has 1 unspecified atom stereocenters. The van der Waals surface area contributed by atoms with Crippen LogP contribution in [0.5, 0.6) is 5.75 Å². The predicted molar refractivity (Wildman–Crippen MR) is 95.1 cm³/mol. The molecule has 0 bridgehead atoms. The van der Waals surface area contributed by atoms with Crippen molar-refractivity contribution in [2.75, 3.05) is 17.2 Å². The summed E-state index contributed by atoms with van der Waals surface area (Å²) in [4.78, 5) is 11.9. The maximum absolute atomic E-state index is 11.9. The lowest BCUT2D eigenvalue weighted by molar-refractivity contribution is -0.118. The zero-order valence-electron chi connectivity index (χ0n) is 13.9. The van der Waals surface area contributed by atoms with Crippen molar-refractivity contribution in [3.8, 4) is 5.75 Å². The highest BCUT2D eigenvalue weighted by atomic mass is 16.5. The van der Waals surface area contributed by atoms with Crippen molar-refractivity contribution in [3.05, 3.63) is 54.1 Å². The van der Waals surface area contributed by atoms with Gasteiger partial charge in [-0.1, -0.05) is 24.6 Å². The first kappa shape index (κ1) is 16.9. The highest BCUT2D eigenvalue weighted by molar-refractivity contribution is 5.92. The van der Waals surface area contributed by atoms with Gasteiger partial charge in [-0.15, -0.1) is 0 Å². The van der Waals surface area contributed by atoms with Gasteiger partial charge in [-0.3, -0.25) is 4.79 Å². The van der Waals surface area contributed by atoms with Crippen LogP contribution < -0.4 is 15.4 Å². The number of amides is 1. The van der Waals surface area contributed by atoms with E-state index in [0.717, 1.165) is 23.4 Å². The number of carbonyl (C=O) groups excluding carboxylic acids is 1. The van der Waals surface area contributed by atoms with Crippen molar-refractivity contribution in [2.45, 2.75) is 33.2 Å². The molecule has 0 aliphatic carbocycles. The van der Waals surface area contributed by atoms with Gasteiger partial charge in [0.2, 0.25) is 0 Å². The van der Waals surface area contributed by atoms with Crippen molar-refractivity contribution >= 4 is 17.3 Å². The first-order valence-corrected chi connectivity index (χ1v) is 7.92. The number of ether oxygens (including phenoxy) is 1. The number of hydrogen-bond acceptors (Lipinski definition) is 3. The molecule has 2 N–H and O–H groups in total. The van der Waals surface area contributed by atoms with Crippen LogP contribution in [0.2, 0.25) is 0 Å². The summed E-state index contributed by atoms with van der Waals surface area (Å²) >= 11 is 0. The third kappa shape index (κ3) is 5.66. The molecule has 0 saturated carbocycles. The normalized spacial score (nSPS) is 11.6. The largest absolute Gasteiger partial charge is 0.484 e. The zero-order chi connectivity index (χ0) is 16.7. The second-order valence-electron chi connectivity index (χ2n) is 5.68. The minimum absolute atomic E-state index is 0.00404. The smallest absolute Gasteiger partial charge is 0.262 e. The van der Waals surface area contributed by atoms with E-state index in [2.05, 4.69) is 24.5 Å². The Kier molecular flexibility index (Phi) is 6.03. The topological polar surface area (TPSA) is 50.4 Å². The fourth-order valence-electron chi connectivity index (χ4n) is 2.02. The fraction of sp³-hybridized carbons (Fsp3) is 0.316. The Hall–Kier alpha value is -2.49. The molecule has 2 rings (SSSR count). The van der Waals surface area contributed by atoms with E-state index >= 15 is 0 Å². The fourth-order valence-corrected chi connectivity index (χ4v) is 2.02. The van der Waals surface area contributed by atoms with Gasteiger partial charge in [0, 0.05) is 17.4 Å². The van der Waals surface area contributed by atoms with Gasteiger partial charge in [-0.05, 0) is 56.7 Å². The minimum atomic E-state index is -0.173. The number of carbonyl (C=O) groups is 1. The second kappa shape index (κ2) is 8.22. The summed E-state index contributed by atoms with van der Waals surface area (Å²) in [5.41, 5.74) is 2.97. The lowest BCUT2D eigenvalue weighted by Gasteiger charge is -2.13. The SMILES string of the molecule is CCC(C)Nc1ccc(NC(=O)COc2ccc(C)cc2)cc1. The van der Waals surface area contributed by atoms with Crippen LogP contribution in [0.3, 0.4) is 0 Å². The van der Waals surface area contributed by atoms with Crippen molar-refractivity contribution < 1.29 is 9.53 Å². The van der Waals surface area contributed by atoms with E-state index in [-0.39, 0.29) is 12.5 Å². The molecule has 0 spiro atoms. The molecule has 0 aromatic heterocycles. The van der Waals surface area contributed by atoms with Crippen LogP contribution in [0.15, 0.2) is 48.5 Å². The van der Waals surface area contributed by atoms with Gasteiger partial charge in [0.1, 0.15) is 5.75 Å². The molecule has 0 heterocycles. The van der Waals surface area contributed by atoms with Gasteiger partial charge >= 0.3 is 0 Å². The standard InChI is InChI=1S/C19H24N2O2/c1-4-15(3)20-16-7-9-17(10-8-16)21-19(22)13-23-18-11-5-14(2)6-12-18/h5-12,15,20H,4,13H2,1-3H3,(H,21,22). The minimum Gasteiger partial charge on any atom is -0.484 e. The average molecular weight is 312 g/mol. The van der Waals surface area contributed by atoms with Crippen LogP contribution >= 0.6 is 0 Å². The number of aryl methyl sites for hydroxylation is 1. The van der Waals surface area contributed by atoms with Crippen LogP contribution in [0.25, 0.3) is 0 Å². The van der Waals surface area contributed by atoms with E-state index < -0.39 is 0 Å². The maximum Gasteiger partial charge on any atom is 0.262 e. The quantitative estimate of drug-likeness (QED) is 0.804. The van der Waals surface area contributed by atoms with Crippen molar-refractivity contribution in [2.24, 2.45) is 0 Å². The van der Waals surface area contributed by atoms with E-state index in [9.17, 15) is 4.79 Å². The Morgan fingerprint density at radius 2 is 1.65 bits per heavy atom. The molecule has 0 saturated heterocycles. The molecule has 4 nitrogen and oxygen atoms in total. The zero-order valence-corrected chi connectivity index (χ0v) is 13.9. The summed E-state index contributed by atoms with van der Waals surface area (Å²) in [7, 11) is 0. The number of rotatable bonds is 7. The van der Waals surface area contributed by atoms with Gasteiger partial charge in [0.15, 0.2) is 6.61 Å². The summed E-state index contributed by atoms with van der Waals surface area (Å²) in [5.74, 6) is 0.520. The molecule has 4 heteroatoms. The van der Waals surface area contributed by atoms with Crippen LogP contribution in [-0.4, -0.2) is 18.6 Å². The van der Waals surface area contributed by atoms with Gasteiger partial charge in [0.25, 0.3) is 5.91 Å². The second-order valence-corrected chi connectivity index (χ2v) is 5.68. The Bertz CT molecular complexity index is 621. The molecule has 2 aromatic rings. The lowest BCUT2D eigenvalue weighted by atomic mass is 10.2. The summed E-state index contributed by atoms with van der Waals surface area (Å²) in [6, 6.07) is 15.7. The third-order valence-electron chi connectivity index (χ3n) is 3.59. The van der Waals surface area contributed by atoms with Gasteiger partial charge in [-0.2, -0.15) is 0 Å². The Morgan fingerprint density at radius 3 is 2.26 bits per heavy atom. The summed E-state index contributed by atoms with van der Waals surface area (Å²) in [6.07, 6.45) is 1.06. The summed E-state index contributed by atoms with van der Waals surface area (Å²) < 4.78 is 5.46. The van der Waals surface area contributed by atoms with Gasteiger partial charge in [0.05, 0.1) is 0 Å². The monoisotopic (exact) mass is 312 g/mol. The molecule has 122 valence electrons.